The van der Waals surface area contributed by atoms with E-state index in [0.29, 0.717) is 5.56 Å². The van der Waals surface area contributed by atoms with E-state index in [9.17, 15) is 0 Å². The number of nitriles is 1. The number of aromatic nitrogens is 1. The molecule has 74 valence electrons. The van der Waals surface area contributed by atoms with Gasteiger partial charge in [-0.25, -0.2) is 0 Å². The van der Waals surface area contributed by atoms with Gasteiger partial charge in [-0.1, -0.05) is 13.3 Å². The highest BCUT2D eigenvalue weighted by molar-refractivity contribution is 5.41. The minimum atomic E-state index is 0.710. The van der Waals surface area contributed by atoms with Crippen LogP contribution < -0.4 is 0 Å². The van der Waals surface area contributed by atoms with Crippen molar-refractivity contribution in [2.75, 3.05) is 0 Å². The van der Waals surface area contributed by atoms with Crippen LogP contribution in [-0.2, 0) is 6.42 Å². The minimum absolute atomic E-state index is 0.710. The second kappa shape index (κ2) is 4.76. The second-order valence-electron chi connectivity index (χ2n) is 3.58. The Balaban J connectivity index is 3.07. The summed E-state index contributed by atoms with van der Waals surface area (Å²) < 4.78 is 0. The number of hydrogen-bond donors (Lipinski definition) is 0. The van der Waals surface area contributed by atoms with Gasteiger partial charge < -0.3 is 0 Å². The quantitative estimate of drug-likeness (QED) is 0.731. The van der Waals surface area contributed by atoms with Crippen molar-refractivity contribution in [3.8, 4) is 6.07 Å². The first-order valence-corrected chi connectivity index (χ1v) is 5.05. The molecular formula is C12H16N2. The number of unbranched alkanes of at least 4 members (excludes halogenated alkanes) is 1. The Labute approximate surface area is 85.6 Å². The lowest BCUT2D eigenvalue weighted by Gasteiger charge is -2.09. The molecule has 1 aromatic heterocycles. The van der Waals surface area contributed by atoms with E-state index in [0.717, 1.165) is 24.1 Å². The number of nitrogens with zero attached hydrogens (tertiary/aromatic N) is 2. The van der Waals surface area contributed by atoms with Crippen LogP contribution in [0.15, 0.2) is 6.20 Å². The van der Waals surface area contributed by atoms with Crippen molar-refractivity contribution in [3.05, 3.63) is 28.6 Å². The van der Waals surface area contributed by atoms with Gasteiger partial charge in [0.05, 0.1) is 5.56 Å². The Morgan fingerprint density at radius 2 is 2.14 bits per heavy atom. The van der Waals surface area contributed by atoms with E-state index in [-0.39, 0.29) is 0 Å². The summed E-state index contributed by atoms with van der Waals surface area (Å²) >= 11 is 0. The van der Waals surface area contributed by atoms with E-state index in [1.54, 1.807) is 6.20 Å². The first kappa shape index (κ1) is 10.7. The topological polar surface area (TPSA) is 36.7 Å². The normalized spacial score (nSPS) is 9.86. The summed E-state index contributed by atoms with van der Waals surface area (Å²) in [7, 11) is 0. The maximum absolute atomic E-state index is 8.87. The molecule has 0 unspecified atom stereocenters. The van der Waals surface area contributed by atoms with Crippen molar-refractivity contribution in [3.63, 3.8) is 0 Å². The summed E-state index contributed by atoms with van der Waals surface area (Å²) in [5.41, 5.74) is 4.14. The molecule has 0 saturated carbocycles. The molecule has 14 heavy (non-hydrogen) atoms. The largest absolute Gasteiger partial charge is 0.260 e. The Bertz CT molecular complexity index is 361. The van der Waals surface area contributed by atoms with E-state index in [1.165, 1.54) is 12.0 Å². The molecule has 0 spiro atoms. The molecule has 0 fully saturated rings. The Morgan fingerprint density at radius 3 is 2.71 bits per heavy atom. The maximum atomic E-state index is 8.87. The first-order valence-electron chi connectivity index (χ1n) is 5.05. The number of rotatable bonds is 3. The van der Waals surface area contributed by atoms with Crippen LogP contribution in [0.1, 0.15) is 42.1 Å². The lowest BCUT2D eigenvalue weighted by molar-refractivity contribution is 0.781. The molecule has 0 aliphatic heterocycles. The van der Waals surface area contributed by atoms with Crippen molar-refractivity contribution in [2.24, 2.45) is 0 Å². The van der Waals surface area contributed by atoms with E-state index in [4.69, 9.17) is 5.26 Å². The van der Waals surface area contributed by atoms with E-state index in [1.807, 2.05) is 13.8 Å². The standard InChI is InChI=1S/C12H16N2/c1-4-5-6-12-9(2)11(7-13)8-14-10(12)3/h8H,4-6H2,1-3H3. The van der Waals surface area contributed by atoms with Crippen LogP contribution in [0.2, 0.25) is 0 Å². The van der Waals surface area contributed by atoms with Crippen LogP contribution >= 0.6 is 0 Å². The van der Waals surface area contributed by atoms with Crippen LogP contribution in [0.25, 0.3) is 0 Å². The molecule has 1 aromatic rings. The molecular weight excluding hydrogens is 172 g/mol. The van der Waals surface area contributed by atoms with Crippen LogP contribution in [-0.4, -0.2) is 4.98 Å². The van der Waals surface area contributed by atoms with E-state index >= 15 is 0 Å². The van der Waals surface area contributed by atoms with Crippen molar-refractivity contribution >= 4 is 0 Å². The average molecular weight is 188 g/mol. The predicted octanol–water partition coefficient (Wildman–Crippen LogP) is 2.91. The van der Waals surface area contributed by atoms with E-state index in [2.05, 4.69) is 18.0 Å². The highest BCUT2D eigenvalue weighted by Gasteiger charge is 2.07. The van der Waals surface area contributed by atoms with Gasteiger partial charge in [0, 0.05) is 11.9 Å². The zero-order chi connectivity index (χ0) is 10.6. The maximum Gasteiger partial charge on any atom is 0.101 e. The number of aryl methyl sites for hydroxylation is 1. The summed E-state index contributed by atoms with van der Waals surface area (Å²) in [5, 5.41) is 8.87. The fraction of sp³-hybridized carbons (Fsp3) is 0.500. The molecule has 1 heterocycles. The highest BCUT2D eigenvalue weighted by Crippen LogP contribution is 2.17. The van der Waals surface area contributed by atoms with Crippen molar-refractivity contribution < 1.29 is 0 Å². The third-order valence-corrected chi connectivity index (χ3v) is 2.58. The van der Waals surface area contributed by atoms with Gasteiger partial charge in [0.25, 0.3) is 0 Å². The third kappa shape index (κ3) is 2.11. The molecule has 0 saturated heterocycles. The van der Waals surface area contributed by atoms with E-state index < -0.39 is 0 Å². The number of hydrogen-bond acceptors (Lipinski definition) is 2. The van der Waals surface area contributed by atoms with Crippen LogP contribution in [0.4, 0.5) is 0 Å². The lowest BCUT2D eigenvalue weighted by Crippen LogP contribution is -1.99. The zero-order valence-electron chi connectivity index (χ0n) is 9.09. The third-order valence-electron chi connectivity index (χ3n) is 2.58. The first-order chi connectivity index (χ1) is 6.70. The van der Waals surface area contributed by atoms with Gasteiger partial charge in [0.1, 0.15) is 6.07 Å². The fourth-order valence-electron chi connectivity index (χ4n) is 1.60. The van der Waals surface area contributed by atoms with Gasteiger partial charge in [-0.2, -0.15) is 5.26 Å². The molecule has 0 N–H and O–H groups in total. The van der Waals surface area contributed by atoms with Gasteiger partial charge in [0.15, 0.2) is 0 Å². The molecule has 2 nitrogen and oxygen atoms in total. The van der Waals surface area contributed by atoms with Crippen molar-refractivity contribution in [1.29, 1.82) is 5.26 Å². The van der Waals surface area contributed by atoms with Gasteiger partial charge in [-0.15, -0.1) is 0 Å². The van der Waals surface area contributed by atoms with Gasteiger partial charge in [-0.05, 0) is 37.8 Å². The summed E-state index contributed by atoms with van der Waals surface area (Å²) in [5.74, 6) is 0. The molecule has 0 atom stereocenters. The predicted molar refractivity (Wildman–Crippen MR) is 57.0 cm³/mol. The SMILES string of the molecule is CCCCc1c(C)ncc(C#N)c1C. The smallest absolute Gasteiger partial charge is 0.101 e. The summed E-state index contributed by atoms with van der Waals surface area (Å²) in [6.45, 7) is 6.20. The molecule has 0 aliphatic carbocycles. The fourth-order valence-corrected chi connectivity index (χ4v) is 1.60. The zero-order valence-corrected chi connectivity index (χ0v) is 9.09. The van der Waals surface area contributed by atoms with Crippen LogP contribution in [0.5, 0.6) is 0 Å². The van der Waals surface area contributed by atoms with Crippen LogP contribution in [0.3, 0.4) is 0 Å². The van der Waals surface area contributed by atoms with Crippen molar-refractivity contribution in [2.45, 2.75) is 40.0 Å². The molecule has 0 bridgehead atoms. The molecule has 0 aliphatic rings. The number of pyridine rings is 1. The Hall–Kier alpha value is -1.36. The lowest BCUT2D eigenvalue weighted by atomic mass is 9.99. The Kier molecular flexibility index (Phi) is 3.64. The van der Waals surface area contributed by atoms with Gasteiger partial charge in [-0.3, -0.25) is 4.98 Å². The van der Waals surface area contributed by atoms with Crippen LogP contribution in [0, 0.1) is 25.2 Å². The summed E-state index contributed by atoms with van der Waals surface area (Å²) in [4.78, 5) is 4.24. The minimum Gasteiger partial charge on any atom is -0.260 e. The molecule has 0 radical (unpaired) electrons. The van der Waals surface area contributed by atoms with Crippen molar-refractivity contribution in [1.82, 2.24) is 4.98 Å². The summed E-state index contributed by atoms with van der Waals surface area (Å²) in [6.07, 6.45) is 5.05. The van der Waals surface area contributed by atoms with Gasteiger partial charge in [0.2, 0.25) is 0 Å². The molecule has 1 rings (SSSR count). The molecule has 2 heteroatoms. The van der Waals surface area contributed by atoms with Gasteiger partial charge >= 0.3 is 0 Å². The monoisotopic (exact) mass is 188 g/mol. The average Bonchev–Trinajstić information content (AvgIpc) is 2.18. The Morgan fingerprint density at radius 1 is 1.43 bits per heavy atom. The summed E-state index contributed by atoms with van der Waals surface area (Å²) in [6, 6.07) is 2.18. The highest BCUT2D eigenvalue weighted by atomic mass is 14.7. The second-order valence-corrected chi connectivity index (χ2v) is 3.58. The molecule has 0 aromatic carbocycles. The molecule has 0 amide bonds.